The van der Waals surface area contributed by atoms with E-state index in [9.17, 15) is 9.59 Å². The SMILES string of the molecule is O=C1c2ccccc2C(=O)N1CCn1cnnn1. The van der Waals surface area contributed by atoms with Crippen LogP contribution in [-0.2, 0) is 6.54 Å². The molecule has 0 unspecified atom stereocenters. The fourth-order valence-electron chi connectivity index (χ4n) is 1.93. The summed E-state index contributed by atoms with van der Waals surface area (Å²) >= 11 is 0. The molecule has 0 saturated heterocycles. The molecule has 0 aliphatic carbocycles. The zero-order valence-electron chi connectivity index (χ0n) is 9.35. The van der Waals surface area contributed by atoms with E-state index in [4.69, 9.17) is 0 Å². The summed E-state index contributed by atoms with van der Waals surface area (Å²) in [6.07, 6.45) is 1.44. The van der Waals surface area contributed by atoms with Crippen molar-refractivity contribution in [3.63, 3.8) is 0 Å². The summed E-state index contributed by atoms with van der Waals surface area (Å²) in [4.78, 5) is 25.2. The summed E-state index contributed by atoms with van der Waals surface area (Å²) in [5.41, 5.74) is 0.915. The third kappa shape index (κ3) is 1.56. The molecule has 7 nitrogen and oxygen atoms in total. The number of tetrazole rings is 1. The van der Waals surface area contributed by atoms with E-state index in [0.717, 1.165) is 0 Å². The Labute approximate surface area is 102 Å². The Morgan fingerprint density at radius 3 is 2.22 bits per heavy atom. The lowest BCUT2D eigenvalue weighted by molar-refractivity contribution is 0.0647. The van der Waals surface area contributed by atoms with E-state index >= 15 is 0 Å². The fraction of sp³-hybridized carbons (Fsp3) is 0.182. The minimum atomic E-state index is -0.260. The van der Waals surface area contributed by atoms with Crippen LogP contribution in [0.3, 0.4) is 0 Å². The van der Waals surface area contributed by atoms with E-state index in [-0.39, 0.29) is 18.4 Å². The summed E-state index contributed by atoms with van der Waals surface area (Å²) in [5.74, 6) is -0.521. The lowest BCUT2D eigenvalue weighted by atomic mass is 10.1. The molecular formula is C11H9N5O2. The predicted molar refractivity (Wildman–Crippen MR) is 59.6 cm³/mol. The molecule has 0 N–H and O–H groups in total. The standard InChI is InChI=1S/C11H9N5O2/c17-10-8-3-1-2-4-9(8)11(18)16(10)6-5-15-7-12-13-14-15/h1-4,7H,5-6H2. The van der Waals surface area contributed by atoms with E-state index in [1.54, 1.807) is 24.3 Å². The molecule has 2 aromatic rings. The van der Waals surface area contributed by atoms with Crippen LogP contribution >= 0.6 is 0 Å². The summed E-state index contributed by atoms with van der Waals surface area (Å²) in [5, 5.41) is 10.7. The topological polar surface area (TPSA) is 81.0 Å². The van der Waals surface area contributed by atoms with E-state index in [2.05, 4.69) is 15.5 Å². The molecule has 7 heteroatoms. The van der Waals surface area contributed by atoms with Crippen molar-refractivity contribution in [3.8, 4) is 0 Å². The van der Waals surface area contributed by atoms with E-state index < -0.39 is 0 Å². The van der Waals surface area contributed by atoms with Crippen molar-refractivity contribution >= 4 is 11.8 Å². The van der Waals surface area contributed by atoms with Gasteiger partial charge in [-0.25, -0.2) is 4.68 Å². The second-order valence-corrected chi connectivity index (χ2v) is 3.88. The molecule has 1 aromatic heterocycles. The second kappa shape index (κ2) is 4.02. The summed E-state index contributed by atoms with van der Waals surface area (Å²) in [7, 11) is 0. The number of rotatable bonds is 3. The quantitative estimate of drug-likeness (QED) is 0.707. The number of imide groups is 1. The van der Waals surface area contributed by atoms with Gasteiger partial charge in [0, 0.05) is 6.54 Å². The van der Waals surface area contributed by atoms with Gasteiger partial charge in [0.05, 0.1) is 17.7 Å². The van der Waals surface area contributed by atoms with Crippen LogP contribution in [-0.4, -0.2) is 43.5 Å². The van der Waals surface area contributed by atoms with Crippen LogP contribution < -0.4 is 0 Å². The Balaban J connectivity index is 1.80. The Morgan fingerprint density at radius 2 is 1.67 bits per heavy atom. The van der Waals surface area contributed by atoms with Gasteiger partial charge in [0.15, 0.2) is 0 Å². The van der Waals surface area contributed by atoms with Crippen LogP contribution in [0, 0.1) is 0 Å². The molecule has 0 saturated carbocycles. The Morgan fingerprint density at radius 1 is 1.00 bits per heavy atom. The molecule has 1 aliphatic heterocycles. The molecule has 0 atom stereocenters. The zero-order chi connectivity index (χ0) is 12.5. The molecule has 0 bridgehead atoms. The Hall–Kier alpha value is -2.57. The molecule has 18 heavy (non-hydrogen) atoms. The van der Waals surface area contributed by atoms with Crippen LogP contribution in [0.2, 0.25) is 0 Å². The van der Waals surface area contributed by atoms with Crippen molar-refractivity contribution in [1.29, 1.82) is 0 Å². The number of carbonyl (C=O) groups is 2. The molecule has 2 heterocycles. The van der Waals surface area contributed by atoms with Crippen molar-refractivity contribution in [1.82, 2.24) is 25.1 Å². The first kappa shape index (κ1) is 10.6. The summed E-state index contributed by atoms with van der Waals surface area (Å²) < 4.78 is 1.48. The first-order chi connectivity index (χ1) is 8.77. The Kier molecular flexibility index (Phi) is 2.36. The molecule has 1 aliphatic rings. The molecule has 2 amide bonds. The third-order valence-corrected chi connectivity index (χ3v) is 2.82. The molecular weight excluding hydrogens is 234 g/mol. The van der Waals surface area contributed by atoms with E-state index in [1.165, 1.54) is 15.9 Å². The lowest BCUT2D eigenvalue weighted by Crippen LogP contribution is -2.33. The van der Waals surface area contributed by atoms with Crippen molar-refractivity contribution < 1.29 is 9.59 Å². The van der Waals surface area contributed by atoms with Gasteiger partial charge in [-0.1, -0.05) is 12.1 Å². The van der Waals surface area contributed by atoms with Crippen molar-refractivity contribution in [2.24, 2.45) is 0 Å². The maximum Gasteiger partial charge on any atom is 0.261 e. The molecule has 0 spiro atoms. The first-order valence-corrected chi connectivity index (χ1v) is 5.43. The summed E-state index contributed by atoms with van der Waals surface area (Å²) in [6.45, 7) is 0.649. The van der Waals surface area contributed by atoms with Gasteiger partial charge in [0.1, 0.15) is 6.33 Å². The number of nitrogens with zero attached hydrogens (tertiary/aromatic N) is 5. The zero-order valence-corrected chi connectivity index (χ0v) is 9.35. The van der Waals surface area contributed by atoms with Crippen molar-refractivity contribution in [3.05, 3.63) is 41.7 Å². The number of hydrogen-bond donors (Lipinski definition) is 0. The highest BCUT2D eigenvalue weighted by molar-refractivity contribution is 6.21. The highest BCUT2D eigenvalue weighted by Crippen LogP contribution is 2.21. The van der Waals surface area contributed by atoms with Gasteiger partial charge in [0.25, 0.3) is 11.8 Å². The van der Waals surface area contributed by atoms with Gasteiger partial charge in [-0.15, -0.1) is 5.10 Å². The van der Waals surface area contributed by atoms with Gasteiger partial charge in [0.2, 0.25) is 0 Å². The van der Waals surface area contributed by atoms with Crippen LogP contribution in [0.25, 0.3) is 0 Å². The normalized spacial score (nSPS) is 14.1. The van der Waals surface area contributed by atoms with E-state index in [0.29, 0.717) is 17.7 Å². The number of carbonyl (C=O) groups excluding carboxylic acids is 2. The largest absolute Gasteiger partial charge is 0.272 e. The van der Waals surface area contributed by atoms with Crippen molar-refractivity contribution in [2.45, 2.75) is 6.54 Å². The maximum absolute atomic E-state index is 12.0. The minimum Gasteiger partial charge on any atom is -0.272 e. The smallest absolute Gasteiger partial charge is 0.261 e. The summed E-state index contributed by atoms with van der Waals surface area (Å²) in [6, 6.07) is 6.81. The second-order valence-electron chi connectivity index (χ2n) is 3.88. The number of aromatic nitrogens is 4. The highest BCUT2D eigenvalue weighted by atomic mass is 16.2. The van der Waals surface area contributed by atoms with Gasteiger partial charge in [-0.3, -0.25) is 14.5 Å². The van der Waals surface area contributed by atoms with E-state index in [1.807, 2.05) is 0 Å². The van der Waals surface area contributed by atoms with Crippen molar-refractivity contribution in [2.75, 3.05) is 6.54 Å². The monoisotopic (exact) mass is 243 g/mol. The number of amides is 2. The minimum absolute atomic E-state index is 0.260. The van der Waals surface area contributed by atoms with Crippen LogP contribution in [0.4, 0.5) is 0 Å². The van der Waals surface area contributed by atoms with Gasteiger partial charge in [-0.05, 0) is 22.6 Å². The van der Waals surface area contributed by atoms with Gasteiger partial charge < -0.3 is 0 Å². The molecule has 0 radical (unpaired) electrons. The number of benzene rings is 1. The maximum atomic E-state index is 12.0. The number of fused-ring (bicyclic) bond motifs is 1. The van der Waals surface area contributed by atoms with Crippen LogP contribution in [0.5, 0.6) is 0 Å². The third-order valence-electron chi connectivity index (χ3n) is 2.82. The van der Waals surface area contributed by atoms with Gasteiger partial charge >= 0.3 is 0 Å². The molecule has 0 fully saturated rings. The first-order valence-electron chi connectivity index (χ1n) is 5.43. The number of hydrogen-bond acceptors (Lipinski definition) is 5. The highest BCUT2D eigenvalue weighted by Gasteiger charge is 2.34. The molecule has 1 aromatic carbocycles. The lowest BCUT2D eigenvalue weighted by Gasteiger charge is -2.12. The van der Waals surface area contributed by atoms with Crippen LogP contribution in [0.15, 0.2) is 30.6 Å². The molecule has 3 rings (SSSR count). The predicted octanol–water partition coefficient (Wildman–Crippen LogP) is -0.0307. The Bertz CT molecular complexity index is 573. The fourth-order valence-corrected chi connectivity index (χ4v) is 1.93. The average molecular weight is 243 g/mol. The molecule has 90 valence electrons. The van der Waals surface area contributed by atoms with Crippen LogP contribution in [0.1, 0.15) is 20.7 Å². The average Bonchev–Trinajstić information content (AvgIpc) is 2.98. The van der Waals surface area contributed by atoms with Gasteiger partial charge in [-0.2, -0.15) is 0 Å².